The number of methoxy groups -OCH3 is 1. The summed E-state index contributed by atoms with van der Waals surface area (Å²) >= 11 is 1.41. The molecule has 3 N–H and O–H groups in total. The summed E-state index contributed by atoms with van der Waals surface area (Å²) in [5.41, 5.74) is 6.74. The van der Waals surface area contributed by atoms with Gasteiger partial charge in [0.05, 0.1) is 13.2 Å². The summed E-state index contributed by atoms with van der Waals surface area (Å²) in [6, 6.07) is -0.0832. The molecule has 0 radical (unpaired) electrons. The lowest BCUT2D eigenvalue weighted by molar-refractivity contribution is -0.128. The molecule has 0 aliphatic rings. The predicted octanol–water partition coefficient (Wildman–Crippen LogP) is 7.09. The van der Waals surface area contributed by atoms with Crippen molar-refractivity contribution < 1.29 is 18.8 Å². The Balaban J connectivity index is 3.26. The third-order valence-corrected chi connectivity index (χ3v) is 13.6. The second kappa shape index (κ2) is 15.5. The number of thiazole rings is 1. The molecule has 0 saturated carbocycles. The largest absolute Gasteiger partial charge is 0.464 e. The van der Waals surface area contributed by atoms with Crippen LogP contribution in [-0.4, -0.2) is 44.4 Å². The van der Waals surface area contributed by atoms with E-state index in [2.05, 4.69) is 78.8 Å². The Morgan fingerprint density at radius 1 is 1.16 bits per heavy atom. The zero-order chi connectivity index (χ0) is 29.3. The summed E-state index contributed by atoms with van der Waals surface area (Å²) in [5, 5.41) is 5.86. The minimum absolute atomic E-state index is 0.000541. The highest BCUT2D eigenvalue weighted by atomic mass is 32.1. The maximum atomic E-state index is 13.7. The number of carbonyl (C=O) groups is 2. The fourth-order valence-electron chi connectivity index (χ4n) is 4.18. The summed E-state index contributed by atoms with van der Waals surface area (Å²) in [6.45, 7) is 21.7. The molecule has 0 saturated heterocycles. The van der Waals surface area contributed by atoms with Gasteiger partial charge in [-0.15, -0.1) is 11.3 Å². The number of unbranched alkanes of at least 4 members (excludes halogenated alkanes) is 1. The molecule has 1 amide bonds. The molecular weight excluding hydrogens is 514 g/mol. The zero-order valence-electron chi connectivity index (χ0n) is 25.8. The molecule has 0 aliphatic carbocycles. The van der Waals surface area contributed by atoms with Crippen molar-refractivity contribution in [2.75, 3.05) is 7.11 Å². The van der Waals surface area contributed by atoms with Crippen LogP contribution in [0.5, 0.6) is 0 Å². The number of carbonyl (C=O) groups excluding carboxylic acids is 2. The Morgan fingerprint density at radius 2 is 1.79 bits per heavy atom. The van der Waals surface area contributed by atoms with Crippen LogP contribution in [0.3, 0.4) is 0 Å². The van der Waals surface area contributed by atoms with Crippen molar-refractivity contribution in [2.24, 2.45) is 23.5 Å². The Kier molecular flexibility index (Phi) is 14.2. The van der Waals surface area contributed by atoms with Crippen LogP contribution in [-0.2, 0) is 14.0 Å². The summed E-state index contributed by atoms with van der Waals surface area (Å²) in [4.78, 5) is 30.4. The maximum absolute atomic E-state index is 13.7. The highest BCUT2D eigenvalue weighted by molar-refractivity contribution is 7.09. The van der Waals surface area contributed by atoms with Gasteiger partial charge in [0.1, 0.15) is 5.01 Å². The standard InChI is InChI=1S/C29H55N3O4SSi/c1-12-14-15-21(30)16-22(20(5)13-2)26(33)31-23(19(3)4)17-25(36-38(10,11)29(6,7)8)27-32-24(18-37-27)28(34)35-9/h18-23,25H,12-17,30H2,1-11H3,(H,31,33). The molecule has 0 aliphatic heterocycles. The SMILES string of the molecule is CCCCC(N)CC(C(=O)NC(CC(O[Si](C)(C)C(C)(C)C)c1nc(C(=O)OC)cs1)C(C)C)C(C)CC. The Morgan fingerprint density at radius 3 is 2.29 bits per heavy atom. The fraction of sp³-hybridized carbons (Fsp3) is 0.828. The molecule has 0 fully saturated rings. The van der Waals surface area contributed by atoms with Gasteiger partial charge in [0.2, 0.25) is 5.91 Å². The van der Waals surface area contributed by atoms with Crippen LogP contribution >= 0.6 is 11.3 Å². The lowest BCUT2D eigenvalue weighted by Gasteiger charge is -2.40. The van der Waals surface area contributed by atoms with Gasteiger partial charge in [-0.2, -0.15) is 0 Å². The van der Waals surface area contributed by atoms with Crippen LogP contribution < -0.4 is 11.1 Å². The first-order valence-electron chi connectivity index (χ1n) is 14.3. The van der Waals surface area contributed by atoms with Crippen molar-refractivity contribution in [1.29, 1.82) is 0 Å². The Labute approximate surface area is 237 Å². The van der Waals surface area contributed by atoms with Gasteiger partial charge in [0, 0.05) is 23.4 Å². The van der Waals surface area contributed by atoms with E-state index < -0.39 is 14.3 Å². The van der Waals surface area contributed by atoms with Gasteiger partial charge >= 0.3 is 5.97 Å². The van der Waals surface area contributed by atoms with Gasteiger partial charge in [-0.05, 0) is 49.2 Å². The van der Waals surface area contributed by atoms with E-state index in [1.54, 1.807) is 5.38 Å². The fourth-order valence-corrected chi connectivity index (χ4v) is 6.36. The molecule has 5 unspecified atom stereocenters. The van der Waals surface area contributed by atoms with Crippen LogP contribution in [0.25, 0.3) is 0 Å². The quantitative estimate of drug-likeness (QED) is 0.163. The maximum Gasteiger partial charge on any atom is 0.357 e. The lowest BCUT2D eigenvalue weighted by atomic mass is 9.84. The van der Waals surface area contributed by atoms with Gasteiger partial charge in [-0.3, -0.25) is 4.79 Å². The van der Waals surface area contributed by atoms with Gasteiger partial charge < -0.3 is 20.2 Å². The Hall–Kier alpha value is -1.29. The van der Waals surface area contributed by atoms with Crippen molar-refractivity contribution in [3.05, 3.63) is 16.1 Å². The molecule has 1 rings (SSSR count). The average Bonchev–Trinajstić information content (AvgIpc) is 3.33. The molecule has 9 heteroatoms. The van der Waals surface area contributed by atoms with E-state index in [1.165, 1.54) is 18.4 Å². The predicted molar refractivity (Wildman–Crippen MR) is 161 cm³/mol. The molecule has 0 aromatic carbocycles. The van der Waals surface area contributed by atoms with Crippen molar-refractivity contribution in [3.8, 4) is 0 Å². The van der Waals surface area contributed by atoms with Crippen LogP contribution in [0.15, 0.2) is 5.38 Å². The van der Waals surface area contributed by atoms with E-state index in [-0.39, 0.29) is 46.9 Å². The van der Waals surface area contributed by atoms with Gasteiger partial charge in [0.25, 0.3) is 0 Å². The number of rotatable bonds is 16. The normalized spacial score (nSPS) is 16.6. The minimum Gasteiger partial charge on any atom is -0.464 e. The molecule has 0 bridgehead atoms. The summed E-state index contributed by atoms with van der Waals surface area (Å²) in [7, 11) is -0.819. The van der Waals surface area contributed by atoms with E-state index in [0.717, 1.165) is 30.7 Å². The number of amides is 1. The first-order valence-corrected chi connectivity index (χ1v) is 18.1. The highest BCUT2D eigenvalue weighted by Gasteiger charge is 2.41. The third-order valence-electron chi connectivity index (χ3n) is 8.19. The second-order valence-corrected chi connectivity index (χ2v) is 18.3. The molecule has 0 spiro atoms. The number of hydrogen-bond acceptors (Lipinski definition) is 7. The molecule has 1 heterocycles. The van der Waals surface area contributed by atoms with E-state index in [1.807, 2.05) is 0 Å². The lowest BCUT2D eigenvalue weighted by Crippen LogP contribution is -2.47. The second-order valence-electron chi connectivity index (χ2n) is 12.7. The van der Waals surface area contributed by atoms with Crippen molar-refractivity contribution in [3.63, 3.8) is 0 Å². The van der Waals surface area contributed by atoms with Crippen molar-refractivity contribution in [2.45, 2.75) is 130 Å². The number of esters is 1. The summed E-state index contributed by atoms with van der Waals surface area (Å²) in [5.74, 6) is -0.0700. The number of ether oxygens (including phenoxy) is 1. The minimum atomic E-state index is -2.18. The third kappa shape index (κ3) is 10.4. The number of hydrogen-bond donors (Lipinski definition) is 2. The average molecular weight is 570 g/mol. The molecule has 38 heavy (non-hydrogen) atoms. The number of nitrogens with two attached hydrogens (primary N) is 1. The van der Waals surface area contributed by atoms with Crippen LogP contribution in [0.4, 0.5) is 0 Å². The highest BCUT2D eigenvalue weighted by Crippen LogP contribution is 2.41. The zero-order valence-corrected chi connectivity index (χ0v) is 27.7. The van der Waals surface area contributed by atoms with Crippen LogP contribution in [0.2, 0.25) is 18.1 Å². The van der Waals surface area contributed by atoms with Gasteiger partial charge in [-0.1, -0.05) is 74.7 Å². The topological polar surface area (TPSA) is 104 Å². The number of nitrogens with zero attached hydrogens (tertiary/aromatic N) is 1. The smallest absolute Gasteiger partial charge is 0.357 e. The monoisotopic (exact) mass is 569 g/mol. The van der Waals surface area contributed by atoms with Crippen molar-refractivity contribution >= 4 is 31.5 Å². The Bertz CT molecular complexity index is 868. The molecule has 1 aromatic rings. The number of aromatic nitrogens is 1. The first-order chi connectivity index (χ1) is 17.6. The van der Waals surface area contributed by atoms with Gasteiger partial charge in [-0.25, -0.2) is 9.78 Å². The molecule has 220 valence electrons. The van der Waals surface area contributed by atoms with E-state index in [9.17, 15) is 9.59 Å². The molecule has 5 atom stereocenters. The van der Waals surface area contributed by atoms with Crippen LogP contribution in [0, 0.1) is 17.8 Å². The van der Waals surface area contributed by atoms with E-state index >= 15 is 0 Å². The van der Waals surface area contributed by atoms with Crippen molar-refractivity contribution in [1.82, 2.24) is 10.3 Å². The van der Waals surface area contributed by atoms with E-state index in [4.69, 9.17) is 14.9 Å². The number of nitrogens with one attached hydrogen (secondary N) is 1. The molecular formula is C29H55N3O4SSi. The molecule has 7 nitrogen and oxygen atoms in total. The van der Waals surface area contributed by atoms with E-state index in [0.29, 0.717) is 18.5 Å². The van der Waals surface area contributed by atoms with Gasteiger partial charge in [0.15, 0.2) is 14.0 Å². The summed E-state index contributed by atoms with van der Waals surface area (Å²) < 4.78 is 11.8. The first kappa shape index (κ1) is 34.7. The molecule has 1 aromatic heterocycles. The van der Waals surface area contributed by atoms with Crippen LogP contribution in [0.1, 0.15) is 116 Å². The summed E-state index contributed by atoms with van der Waals surface area (Å²) in [6.07, 6.45) is 5.01.